The van der Waals surface area contributed by atoms with E-state index < -0.39 is 17.3 Å². The summed E-state index contributed by atoms with van der Waals surface area (Å²) in [6.07, 6.45) is -0.402. The molecule has 1 aliphatic heterocycles. The van der Waals surface area contributed by atoms with Crippen molar-refractivity contribution in [3.05, 3.63) is 53.6 Å². The fraction of sp³-hybridized carbons (Fsp3) is 0.429. The minimum absolute atomic E-state index is 0.112. The topological polar surface area (TPSA) is 30.9 Å². The largest absolute Gasteiger partial charge is 0.496 e. The Morgan fingerprint density at radius 1 is 1.07 bits per heavy atom. The molecule has 1 aliphatic rings. The zero-order valence-corrected chi connectivity index (χ0v) is 17.6. The number of hydrogen-bond acceptors (Lipinski definition) is 5. The van der Waals surface area contributed by atoms with Crippen molar-refractivity contribution in [2.24, 2.45) is 0 Å². The molecule has 1 heterocycles. The molecule has 4 nitrogen and oxygen atoms in total. The second kappa shape index (κ2) is 8.45. The number of rotatable bonds is 6. The number of ether oxygens (including phenoxy) is 3. The second-order valence-electron chi connectivity index (χ2n) is 7.40. The van der Waals surface area contributed by atoms with Gasteiger partial charge >= 0.3 is 5.51 Å². The van der Waals surface area contributed by atoms with Crippen LogP contribution < -0.4 is 9.47 Å². The maximum atomic E-state index is 12.6. The molecule has 0 aromatic heterocycles. The van der Waals surface area contributed by atoms with Crippen LogP contribution in [0.2, 0.25) is 0 Å². The number of benzene rings is 2. The van der Waals surface area contributed by atoms with Gasteiger partial charge in [-0.1, -0.05) is 18.2 Å². The van der Waals surface area contributed by atoms with Crippen LogP contribution in [0.15, 0.2) is 47.4 Å². The van der Waals surface area contributed by atoms with Crippen molar-refractivity contribution in [1.82, 2.24) is 4.90 Å². The smallest absolute Gasteiger partial charge is 0.446 e. The third kappa shape index (κ3) is 5.38. The molecule has 1 fully saturated rings. The number of alkyl halides is 3. The lowest BCUT2D eigenvalue weighted by molar-refractivity contribution is -0.0445. The lowest BCUT2D eigenvalue weighted by atomic mass is 10.1. The lowest BCUT2D eigenvalue weighted by Crippen LogP contribution is -2.28. The molecule has 1 atom stereocenters. The first kappa shape index (κ1) is 21.8. The van der Waals surface area contributed by atoms with Crippen molar-refractivity contribution >= 4 is 11.8 Å². The molecule has 0 spiro atoms. The van der Waals surface area contributed by atoms with Gasteiger partial charge in [0.15, 0.2) is 0 Å². The summed E-state index contributed by atoms with van der Waals surface area (Å²) < 4.78 is 55.0. The summed E-state index contributed by atoms with van der Waals surface area (Å²) in [4.78, 5) is 2.30. The van der Waals surface area contributed by atoms with Gasteiger partial charge in [0.05, 0.1) is 25.4 Å². The third-order valence-corrected chi connectivity index (χ3v) is 5.34. The van der Waals surface area contributed by atoms with Gasteiger partial charge in [-0.2, -0.15) is 13.2 Å². The van der Waals surface area contributed by atoms with E-state index in [1.165, 1.54) is 12.1 Å². The van der Waals surface area contributed by atoms with Gasteiger partial charge in [0, 0.05) is 18.0 Å². The van der Waals surface area contributed by atoms with E-state index in [9.17, 15) is 13.2 Å². The molecular formula is C21H24F3NO3S. The Hall–Kier alpha value is -1.90. The van der Waals surface area contributed by atoms with Gasteiger partial charge in [0.1, 0.15) is 17.7 Å². The molecule has 29 heavy (non-hydrogen) atoms. The SMILES string of the molecule is COc1cccc(OC)c1C1OC(C)(C)CN1Cc1ccc(SC(F)(F)F)cc1. The monoisotopic (exact) mass is 427 g/mol. The molecule has 0 N–H and O–H groups in total. The fourth-order valence-electron chi connectivity index (χ4n) is 3.52. The van der Waals surface area contributed by atoms with E-state index in [2.05, 4.69) is 4.90 Å². The van der Waals surface area contributed by atoms with Gasteiger partial charge in [-0.15, -0.1) is 0 Å². The van der Waals surface area contributed by atoms with Crippen molar-refractivity contribution in [2.75, 3.05) is 20.8 Å². The Bertz CT molecular complexity index is 818. The molecule has 1 saturated heterocycles. The maximum absolute atomic E-state index is 12.6. The summed E-state index contributed by atoms with van der Waals surface area (Å²) in [6, 6.07) is 12.0. The molecule has 8 heteroatoms. The summed E-state index contributed by atoms with van der Waals surface area (Å²) in [5.41, 5.74) is -2.99. The number of thioether (sulfide) groups is 1. The van der Waals surface area contributed by atoms with E-state index in [4.69, 9.17) is 14.2 Å². The Labute approximate surface area is 172 Å². The molecule has 1 unspecified atom stereocenters. The lowest BCUT2D eigenvalue weighted by Gasteiger charge is -2.26. The van der Waals surface area contributed by atoms with E-state index in [-0.39, 0.29) is 16.7 Å². The van der Waals surface area contributed by atoms with Gasteiger partial charge in [-0.05, 0) is 55.4 Å². The molecule has 0 amide bonds. The van der Waals surface area contributed by atoms with Crippen LogP contribution in [0.3, 0.4) is 0 Å². The highest BCUT2D eigenvalue weighted by molar-refractivity contribution is 8.00. The average molecular weight is 427 g/mol. The van der Waals surface area contributed by atoms with Gasteiger partial charge < -0.3 is 14.2 Å². The van der Waals surface area contributed by atoms with Crippen molar-refractivity contribution < 1.29 is 27.4 Å². The van der Waals surface area contributed by atoms with Crippen LogP contribution in [0.1, 0.15) is 31.2 Å². The minimum Gasteiger partial charge on any atom is -0.496 e. The molecular weight excluding hydrogens is 403 g/mol. The van der Waals surface area contributed by atoms with Crippen LogP contribution in [0.5, 0.6) is 11.5 Å². The molecule has 2 aromatic rings. The zero-order chi connectivity index (χ0) is 21.2. The summed E-state index contributed by atoms with van der Waals surface area (Å²) in [7, 11) is 3.19. The second-order valence-corrected chi connectivity index (χ2v) is 8.54. The van der Waals surface area contributed by atoms with Crippen LogP contribution >= 0.6 is 11.8 Å². The van der Waals surface area contributed by atoms with E-state index in [1.807, 2.05) is 32.0 Å². The highest BCUT2D eigenvalue weighted by atomic mass is 32.2. The summed E-state index contributed by atoms with van der Waals surface area (Å²) in [6.45, 7) is 5.18. The van der Waals surface area contributed by atoms with Gasteiger partial charge in [-0.3, -0.25) is 4.90 Å². The summed E-state index contributed by atoms with van der Waals surface area (Å²) in [5.74, 6) is 1.32. The van der Waals surface area contributed by atoms with Crippen molar-refractivity contribution in [3.63, 3.8) is 0 Å². The predicted octanol–water partition coefficient (Wildman–Crippen LogP) is 5.63. The first-order chi connectivity index (χ1) is 13.6. The van der Waals surface area contributed by atoms with Crippen LogP contribution in [0.4, 0.5) is 13.2 Å². The molecule has 2 aromatic carbocycles. The Kier molecular flexibility index (Phi) is 6.36. The minimum atomic E-state index is -4.29. The van der Waals surface area contributed by atoms with Crippen LogP contribution in [0.25, 0.3) is 0 Å². The standard InChI is InChI=1S/C21H24F3NO3S/c1-20(2)13-25(12-14-8-10-15(11-9-14)29-21(22,23)24)19(28-20)18-16(26-3)6-5-7-17(18)27-4/h5-11,19H,12-13H2,1-4H3. The van der Waals surface area contributed by atoms with Gasteiger partial charge in [-0.25, -0.2) is 0 Å². The van der Waals surface area contributed by atoms with E-state index in [0.29, 0.717) is 24.6 Å². The molecule has 0 bridgehead atoms. The summed E-state index contributed by atoms with van der Waals surface area (Å²) >= 11 is -0.112. The highest BCUT2D eigenvalue weighted by Gasteiger charge is 2.41. The summed E-state index contributed by atoms with van der Waals surface area (Å²) in [5, 5.41) is 0. The van der Waals surface area contributed by atoms with E-state index >= 15 is 0 Å². The molecule has 0 saturated carbocycles. The van der Waals surface area contributed by atoms with E-state index in [1.54, 1.807) is 26.4 Å². The van der Waals surface area contributed by atoms with Crippen LogP contribution in [-0.2, 0) is 11.3 Å². The highest BCUT2D eigenvalue weighted by Crippen LogP contribution is 2.44. The quantitative estimate of drug-likeness (QED) is 0.558. The van der Waals surface area contributed by atoms with Crippen molar-refractivity contribution in [2.45, 2.75) is 42.6 Å². The first-order valence-corrected chi connectivity index (χ1v) is 9.91. The first-order valence-electron chi connectivity index (χ1n) is 9.09. The fourth-order valence-corrected chi connectivity index (χ4v) is 4.06. The zero-order valence-electron chi connectivity index (χ0n) is 16.7. The van der Waals surface area contributed by atoms with Gasteiger partial charge in [0.2, 0.25) is 0 Å². The molecule has 0 aliphatic carbocycles. The van der Waals surface area contributed by atoms with Crippen LogP contribution in [-0.4, -0.2) is 36.8 Å². The van der Waals surface area contributed by atoms with Crippen LogP contribution in [0, 0.1) is 0 Å². The Morgan fingerprint density at radius 3 is 2.17 bits per heavy atom. The molecule has 158 valence electrons. The molecule has 3 rings (SSSR count). The number of nitrogens with zero attached hydrogens (tertiary/aromatic N) is 1. The number of methoxy groups -OCH3 is 2. The average Bonchev–Trinajstić information content (AvgIpc) is 2.95. The normalized spacial score (nSPS) is 19.3. The predicted molar refractivity (Wildman–Crippen MR) is 106 cm³/mol. The number of halogens is 3. The maximum Gasteiger partial charge on any atom is 0.446 e. The third-order valence-electron chi connectivity index (χ3n) is 4.60. The molecule has 0 radical (unpaired) electrons. The Morgan fingerprint density at radius 2 is 1.66 bits per heavy atom. The van der Waals surface area contributed by atoms with Gasteiger partial charge in [0.25, 0.3) is 0 Å². The van der Waals surface area contributed by atoms with E-state index in [0.717, 1.165) is 11.1 Å². The number of hydrogen-bond donors (Lipinski definition) is 0. The van der Waals surface area contributed by atoms with Crippen molar-refractivity contribution in [1.29, 1.82) is 0 Å². The van der Waals surface area contributed by atoms with Crippen molar-refractivity contribution in [3.8, 4) is 11.5 Å². The Balaban J connectivity index is 1.86.